The summed E-state index contributed by atoms with van der Waals surface area (Å²) >= 11 is 0. The molecule has 0 spiro atoms. The molecule has 1 unspecified atom stereocenters. The first kappa shape index (κ1) is 16.5. The minimum Gasteiger partial charge on any atom is -0.325 e. The smallest absolute Gasteiger partial charge is 0.325 e. The molecule has 0 aliphatic heterocycles. The van der Waals surface area contributed by atoms with Gasteiger partial charge in [0, 0.05) is 11.7 Å². The number of amides is 1. The Morgan fingerprint density at radius 1 is 1.35 bits per heavy atom. The number of carbonyl (C=O) groups excluding carboxylic acids is 1. The Morgan fingerprint density at radius 2 is 2.00 bits per heavy atom. The Hall–Kier alpha value is -1.56. The van der Waals surface area contributed by atoms with Crippen molar-refractivity contribution < 1.29 is 18.0 Å². The van der Waals surface area contributed by atoms with Gasteiger partial charge in [-0.25, -0.2) is 0 Å². The highest BCUT2D eigenvalue weighted by Crippen LogP contribution is 2.33. The van der Waals surface area contributed by atoms with Crippen LogP contribution in [0.2, 0.25) is 0 Å². The maximum absolute atomic E-state index is 12.7. The third-order valence-electron chi connectivity index (χ3n) is 3.05. The van der Waals surface area contributed by atoms with E-state index in [1.165, 1.54) is 19.1 Å². The zero-order chi connectivity index (χ0) is 15.3. The van der Waals surface area contributed by atoms with Gasteiger partial charge in [-0.1, -0.05) is 13.0 Å². The first-order chi connectivity index (χ1) is 9.24. The fourth-order valence-electron chi connectivity index (χ4n) is 1.62. The Labute approximate surface area is 116 Å². The number of nitrogens with one attached hydrogen (secondary N) is 2. The molecule has 0 heterocycles. The SMILES string of the molecule is CCC(C)NCC(=O)Nc1ccc(C)c(C(F)(F)F)c1. The molecule has 2 N–H and O–H groups in total. The van der Waals surface area contributed by atoms with E-state index < -0.39 is 11.7 Å². The molecule has 3 nitrogen and oxygen atoms in total. The van der Waals surface area contributed by atoms with E-state index in [1.54, 1.807) is 0 Å². The molecule has 1 atom stereocenters. The molecular formula is C14H19F3N2O. The van der Waals surface area contributed by atoms with Gasteiger partial charge in [-0.15, -0.1) is 0 Å². The Kier molecular flexibility index (Phi) is 5.56. The van der Waals surface area contributed by atoms with Gasteiger partial charge in [0.25, 0.3) is 0 Å². The second-order valence-electron chi connectivity index (χ2n) is 4.77. The molecule has 0 saturated carbocycles. The van der Waals surface area contributed by atoms with Gasteiger partial charge >= 0.3 is 6.18 Å². The normalized spacial score (nSPS) is 13.1. The maximum Gasteiger partial charge on any atom is 0.416 e. The van der Waals surface area contributed by atoms with Gasteiger partial charge in [0.15, 0.2) is 0 Å². The second-order valence-corrected chi connectivity index (χ2v) is 4.77. The van der Waals surface area contributed by atoms with Gasteiger partial charge in [-0.2, -0.15) is 13.2 Å². The van der Waals surface area contributed by atoms with E-state index in [2.05, 4.69) is 10.6 Å². The minimum atomic E-state index is -4.42. The average Bonchev–Trinajstić information content (AvgIpc) is 2.37. The summed E-state index contributed by atoms with van der Waals surface area (Å²) in [5.74, 6) is -0.359. The Bertz CT molecular complexity index is 472. The monoisotopic (exact) mass is 288 g/mol. The zero-order valence-corrected chi connectivity index (χ0v) is 11.8. The quantitative estimate of drug-likeness (QED) is 0.872. The Morgan fingerprint density at radius 3 is 2.55 bits per heavy atom. The molecular weight excluding hydrogens is 269 g/mol. The molecule has 6 heteroatoms. The molecule has 0 fully saturated rings. The zero-order valence-electron chi connectivity index (χ0n) is 11.8. The highest BCUT2D eigenvalue weighted by atomic mass is 19.4. The number of rotatable bonds is 5. The standard InChI is InChI=1S/C14H19F3N2O/c1-4-10(3)18-8-13(20)19-11-6-5-9(2)12(7-11)14(15,16)17/h5-7,10,18H,4,8H2,1-3H3,(H,19,20). The summed E-state index contributed by atoms with van der Waals surface area (Å²) in [6.45, 7) is 5.37. The summed E-state index contributed by atoms with van der Waals surface area (Å²) < 4.78 is 38.2. The van der Waals surface area contributed by atoms with Gasteiger partial charge in [0.1, 0.15) is 0 Å². The first-order valence-electron chi connectivity index (χ1n) is 6.45. The van der Waals surface area contributed by atoms with Crippen LogP contribution in [0, 0.1) is 6.92 Å². The van der Waals surface area contributed by atoms with E-state index in [0.717, 1.165) is 12.5 Å². The molecule has 1 amide bonds. The van der Waals surface area contributed by atoms with E-state index in [4.69, 9.17) is 0 Å². The molecule has 0 bridgehead atoms. The van der Waals surface area contributed by atoms with Crippen LogP contribution in [0.25, 0.3) is 0 Å². The molecule has 0 aliphatic rings. The number of anilines is 1. The van der Waals surface area contributed by atoms with Crippen LogP contribution in [0.3, 0.4) is 0 Å². The van der Waals surface area contributed by atoms with E-state index in [9.17, 15) is 18.0 Å². The van der Waals surface area contributed by atoms with Crippen molar-refractivity contribution in [3.05, 3.63) is 29.3 Å². The second kappa shape index (κ2) is 6.74. The van der Waals surface area contributed by atoms with E-state index >= 15 is 0 Å². The molecule has 0 aromatic heterocycles. The van der Waals surface area contributed by atoms with Crippen molar-refractivity contribution in [1.82, 2.24) is 5.32 Å². The van der Waals surface area contributed by atoms with Crippen LogP contribution in [-0.4, -0.2) is 18.5 Å². The van der Waals surface area contributed by atoms with E-state index in [-0.39, 0.29) is 29.7 Å². The number of carbonyl (C=O) groups is 1. The molecule has 0 aliphatic carbocycles. The summed E-state index contributed by atoms with van der Waals surface area (Å²) in [5, 5.41) is 5.43. The summed E-state index contributed by atoms with van der Waals surface area (Å²) in [6, 6.07) is 3.95. The highest BCUT2D eigenvalue weighted by molar-refractivity contribution is 5.92. The lowest BCUT2D eigenvalue weighted by Crippen LogP contribution is -2.34. The van der Waals surface area contributed by atoms with Crippen LogP contribution < -0.4 is 10.6 Å². The van der Waals surface area contributed by atoms with Crippen LogP contribution in [0.1, 0.15) is 31.4 Å². The lowest BCUT2D eigenvalue weighted by Gasteiger charge is -2.14. The summed E-state index contributed by atoms with van der Waals surface area (Å²) in [4.78, 5) is 11.6. The number of alkyl halides is 3. The van der Waals surface area contributed by atoms with Crippen LogP contribution >= 0.6 is 0 Å². The predicted molar refractivity (Wildman–Crippen MR) is 72.6 cm³/mol. The number of hydrogen-bond donors (Lipinski definition) is 2. The van der Waals surface area contributed by atoms with Crippen LogP contribution in [0.4, 0.5) is 18.9 Å². The fraction of sp³-hybridized carbons (Fsp3) is 0.500. The number of benzene rings is 1. The predicted octanol–water partition coefficient (Wildman–Crippen LogP) is 3.34. The number of hydrogen-bond acceptors (Lipinski definition) is 2. The van der Waals surface area contributed by atoms with Crippen molar-refractivity contribution >= 4 is 11.6 Å². The van der Waals surface area contributed by atoms with Gasteiger partial charge < -0.3 is 10.6 Å². The van der Waals surface area contributed by atoms with E-state index in [0.29, 0.717) is 0 Å². The molecule has 20 heavy (non-hydrogen) atoms. The lowest BCUT2D eigenvalue weighted by molar-refractivity contribution is -0.138. The van der Waals surface area contributed by atoms with Crippen LogP contribution in [-0.2, 0) is 11.0 Å². The number of aryl methyl sites for hydroxylation is 1. The molecule has 112 valence electrons. The fourth-order valence-corrected chi connectivity index (χ4v) is 1.62. The van der Waals surface area contributed by atoms with Crippen molar-refractivity contribution in [1.29, 1.82) is 0 Å². The maximum atomic E-state index is 12.7. The third-order valence-corrected chi connectivity index (χ3v) is 3.05. The molecule has 1 aromatic carbocycles. The first-order valence-corrected chi connectivity index (χ1v) is 6.45. The lowest BCUT2D eigenvalue weighted by atomic mass is 10.1. The Balaban J connectivity index is 2.71. The summed E-state index contributed by atoms with van der Waals surface area (Å²) in [5.41, 5.74) is -0.447. The van der Waals surface area contributed by atoms with Gasteiger partial charge in [-0.3, -0.25) is 4.79 Å². The minimum absolute atomic E-state index is 0.0736. The highest BCUT2D eigenvalue weighted by Gasteiger charge is 2.32. The van der Waals surface area contributed by atoms with Crippen LogP contribution in [0.5, 0.6) is 0 Å². The summed E-state index contributed by atoms with van der Waals surface area (Å²) in [6.07, 6.45) is -3.55. The molecule has 1 aromatic rings. The largest absolute Gasteiger partial charge is 0.416 e. The number of halogens is 3. The van der Waals surface area contributed by atoms with Crippen molar-refractivity contribution in [2.24, 2.45) is 0 Å². The van der Waals surface area contributed by atoms with Crippen molar-refractivity contribution in [3.8, 4) is 0 Å². The summed E-state index contributed by atoms with van der Waals surface area (Å²) in [7, 11) is 0. The van der Waals surface area contributed by atoms with Crippen molar-refractivity contribution in [3.63, 3.8) is 0 Å². The van der Waals surface area contributed by atoms with Crippen molar-refractivity contribution in [2.75, 3.05) is 11.9 Å². The van der Waals surface area contributed by atoms with Crippen molar-refractivity contribution in [2.45, 2.75) is 39.4 Å². The molecule has 1 rings (SSSR count). The van der Waals surface area contributed by atoms with Gasteiger partial charge in [-0.05, 0) is 38.0 Å². The van der Waals surface area contributed by atoms with Gasteiger partial charge in [0.2, 0.25) is 5.91 Å². The third kappa shape index (κ3) is 4.85. The van der Waals surface area contributed by atoms with Crippen LogP contribution in [0.15, 0.2) is 18.2 Å². The average molecular weight is 288 g/mol. The van der Waals surface area contributed by atoms with E-state index in [1.807, 2.05) is 13.8 Å². The molecule has 0 radical (unpaired) electrons. The molecule has 0 saturated heterocycles. The topological polar surface area (TPSA) is 41.1 Å². The van der Waals surface area contributed by atoms with Gasteiger partial charge in [0.05, 0.1) is 12.1 Å².